The van der Waals surface area contributed by atoms with Gasteiger partial charge in [0.2, 0.25) is 0 Å². The maximum absolute atomic E-state index is 14.2. The number of fused-ring (bicyclic) bond motifs is 2. The van der Waals surface area contributed by atoms with E-state index < -0.39 is 6.17 Å². The second kappa shape index (κ2) is 7.51. The highest BCUT2D eigenvalue weighted by molar-refractivity contribution is 5.72. The Hall–Kier alpha value is -3.07. The molecule has 0 amide bonds. The van der Waals surface area contributed by atoms with Crippen molar-refractivity contribution in [3.05, 3.63) is 36.8 Å². The summed E-state index contributed by atoms with van der Waals surface area (Å²) in [4.78, 5) is 6.84. The fraction of sp³-hybridized carbons (Fsp3) is 0.478. The van der Waals surface area contributed by atoms with Gasteiger partial charge < -0.3 is 15.3 Å². The quantitative estimate of drug-likeness (QED) is 0.637. The Kier molecular flexibility index (Phi) is 4.60. The van der Waals surface area contributed by atoms with E-state index in [0.717, 1.165) is 42.6 Å². The van der Waals surface area contributed by atoms with Crippen molar-refractivity contribution in [2.75, 3.05) is 4.90 Å². The summed E-state index contributed by atoms with van der Waals surface area (Å²) >= 11 is 0. The van der Waals surface area contributed by atoms with Gasteiger partial charge in [-0.2, -0.15) is 5.10 Å². The Morgan fingerprint density at radius 1 is 1.09 bits per heavy atom. The summed E-state index contributed by atoms with van der Waals surface area (Å²) in [5.74, 6) is 1.22. The lowest BCUT2D eigenvalue weighted by atomic mass is 9.98. The first-order valence-corrected chi connectivity index (χ1v) is 11.3. The third-order valence-electron chi connectivity index (χ3n) is 6.90. The fourth-order valence-corrected chi connectivity index (χ4v) is 5.24. The van der Waals surface area contributed by atoms with Crippen LogP contribution in [0.25, 0.3) is 22.5 Å². The highest BCUT2D eigenvalue weighted by Crippen LogP contribution is 2.39. The van der Waals surface area contributed by atoms with E-state index in [-0.39, 0.29) is 23.9 Å². The molecule has 4 atom stereocenters. The zero-order valence-electron chi connectivity index (χ0n) is 17.9. The second-order valence-corrected chi connectivity index (χ2v) is 9.26. The molecule has 166 valence electrons. The fourth-order valence-electron chi connectivity index (χ4n) is 5.24. The number of aromatic nitrogens is 5. The van der Waals surface area contributed by atoms with Gasteiger partial charge in [-0.15, -0.1) is 10.2 Å². The zero-order chi connectivity index (χ0) is 21.8. The molecule has 6 rings (SSSR count). The van der Waals surface area contributed by atoms with Gasteiger partial charge in [0.05, 0.1) is 18.0 Å². The molecule has 2 saturated heterocycles. The molecule has 2 aliphatic heterocycles. The van der Waals surface area contributed by atoms with Crippen LogP contribution in [0, 0.1) is 0 Å². The molecule has 3 aromatic rings. The predicted octanol–water partition coefficient (Wildman–Crippen LogP) is 2.84. The number of rotatable bonds is 5. The van der Waals surface area contributed by atoms with Crippen molar-refractivity contribution in [2.24, 2.45) is 7.05 Å². The number of benzene rings is 1. The lowest BCUT2D eigenvalue weighted by Gasteiger charge is -2.38. The van der Waals surface area contributed by atoms with Crippen molar-refractivity contribution in [3.63, 3.8) is 0 Å². The van der Waals surface area contributed by atoms with E-state index >= 15 is 0 Å². The van der Waals surface area contributed by atoms with Gasteiger partial charge in [0, 0.05) is 43.0 Å². The Morgan fingerprint density at radius 3 is 2.62 bits per heavy atom. The van der Waals surface area contributed by atoms with Gasteiger partial charge in [-0.3, -0.25) is 4.68 Å². The summed E-state index contributed by atoms with van der Waals surface area (Å²) in [6, 6.07) is 6.29. The van der Waals surface area contributed by atoms with Crippen LogP contribution < -0.4 is 10.2 Å². The first kappa shape index (κ1) is 19.6. The molecular weight excluding hydrogens is 409 g/mol. The smallest absolute Gasteiger partial charge is 0.185 e. The third-order valence-corrected chi connectivity index (χ3v) is 6.90. The lowest BCUT2D eigenvalue weighted by molar-refractivity contribution is 0.271. The number of hydrogen-bond donors (Lipinski definition) is 2. The number of hydrogen-bond acceptors (Lipinski definition) is 7. The van der Waals surface area contributed by atoms with Crippen LogP contribution in [0.2, 0.25) is 0 Å². The number of aromatic hydroxyl groups is 1. The van der Waals surface area contributed by atoms with Crippen molar-refractivity contribution in [2.45, 2.75) is 62.4 Å². The summed E-state index contributed by atoms with van der Waals surface area (Å²) in [5, 5.41) is 27.0. The van der Waals surface area contributed by atoms with Crippen LogP contribution in [0.1, 0.15) is 32.1 Å². The number of phenolic OH excluding ortho intramolecular Hbond substituents is 1. The topological polar surface area (TPSA) is 92.0 Å². The second-order valence-electron chi connectivity index (χ2n) is 9.26. The number of phenols is 1. The highest BCUT2D eigenvalue weighted by Gasteiger charge is 2.45. The molecule has 0 unspecified atom stereocenters. The Bertz CT molecular complexity index is 1130. The van der Waals surface area contributed by atoms with E-state index in [4.69, 9.17) is 0 Å². The SMILES string of the molecule is Cn1cc(-c2ccc(-c3ncc(N(C4CC4)[C@H]4C[C@@H]5C[C@@H](F)[C@H](C4)N5)nn3)c(O)c2)cn1. The number of halogens is 1. The minimum absolute atomic E-state index is 0.0598. The molecule has 1 saturated carbocycles. The van der Waals surface area contributed by atoms with Crippen LogP contribution in [0.4, 0.5) is 10.2 Å². The van der Waals surface area contributed by atoms with Crippen LogP contribution >= 0.6 is 0 Å². The van der Waals surface area contributed by atoms with Gasteiger partial charge in [0.25, 0.3) is 0 Å². The molecule has 2 aromatic heterocycles. The van der Waals surface area contributed by atoms with E-state index in [1.54, 1.807) is 29.2 Å². The first-order valence-electron chi connectivity index (χ1n) is 11.3. The van der Waals surface area contributed by atoms with Crippen LogP contribution in [0.5, 0.6) is 5.75 Å². The minimum atomic E-state index is -0.754. The molecule has 0 spiro atoms. The van der Waals surface area contributed by atoms with Crippen molar-refractivity contribution in [1.29, 1.82) is 0 Å². The van der Waals surface area contributed by atoms with Crippen molar-refractivity contribution < 1.29 is 9.50 Å². The molecule has 4 heterocycles. The Labute approximate surface area is 185 Å². The van der Waals surface area contributed by atoms with Gasteiger partial charge in [-0.1, -0.05) is 6.07 Å². The van der Waals surface area contributed by atoms with Gasteiger partial charge in [0.1, 0.15) is 11.9 Å². The summed E-state index contributed by atoms with van der Waals surface area (Å²) in [6.07, 6.45) is 9.20. The third kappa shape index (κ3) is 3.50. The van der Waals surface area contributed by atoms with Crippen molar-refractivity contribution in [1.82, 2.24) is 30.3 Å². The van der Waals surface area contributed by atoms with E-state index in [0.29, 0.717) is 23.9 Å². The Morgan fingerprint density at radius 2 is 1.97 bits per heavy atom. The number of piperidine rings is 1. The van der Waals surface area contributed by atoms with Crippen molar-refractivity contribution >= 4 is 5.82 Å². The zero-order valence-corrected chi connectivity index (χ0v) is 17.9. The molecule has 9 heteroatoms. The van der Waals surface area contributed by atoms with Crippen LogP contribution in [0.3, 0.4) is 0 Å². The Balaban J connectivity index is 1.25. The van der Waals surface area contributed by atoms with Crippen LogP contribution in [-0.4, -0.2) is 60.4 Å². The normalized spacial score (nSPS) is 26.9. The first-order chi connectivity index (χ1) is 15.5. The summed E-state index contributed by atoms with van der Waals surface area (Å²) in [5.41, 5.74) is 2.33. The number of alkyl halides is 1. The maximum Gasteiger partial charge on any atom is 0.185 e. The van der Waals surface area contributed by atoms with Gasteiger partial charge in [-0.05, 0) is 49.8 Å². The number of nitrogens with zero attached hydrogens (tertiary/aromatic N) is 6. The number of aryl methyl sites for hydroxylation is 1. The summed E-state index contributed by atoms with van der Waals surface area (Å²) < 4.78 is 15.9. The molecule has 2 N–H and O–H groups in total. The molecule has 2 bridgehead atoms. The highest BCUT2D eigenvalue weighted by atomic mass is 19.1. The van der Waals surface area contributed by atoms with E-state index in [1.165, 1.54) is 0 Å². The summed E-state index contributed by atoms with van der Waals surface area (Å²) in [7, 11) is 1.86. The molecule has 0 radical (unpaired) electrons. The molecule has 1 aliphatic carbocycles. The van der Waals surface area contributed by atoms with E-state index in [2.05, 4.69) is 30.5 Å². The average Bonchev–Trinajstić information content (AvgIpc) is 3.46. The monoisotopic (exact) mass is 435 g/mol. The van der Waals surface area contributed by atoms with Crippen LogP contribution in [-0.2, 0) is 7.05 Å². The molecule has 8 nitrogen and oxygen atoms in total. The molecular formula is C23H26FN7O. The number of anilines is 1. The molecule has 1 aromatic carbocycles. The molecule has 32 heavy (non-hydrogen) atoms. The van der Waals surface area contributed by atoms with E-state index in [9.17, 15) is 9.50 Å². The minimum Gasteiger partial charge on any atom is -0.507 e. The number of nitrogens with one attached hydrogen (secondary N) is 1. The van der Waals surface area contributed by atoms with Crippen molar-refractivity contribution in [3.8, 4) is 28.3 Å². The van der Waals surface area contributed by atoms with Gasteiger partial charge in [0.15, 0.2) is 11.6 Å². The molecule has 3 aliphatic rings. The van der Waals surface area contributed by atoms with E-state index in [1.807, 2.05) is 19.3 Å². The van der Waals surface area contributed by atoms with Gasteiger partial charge in [-0.25, -0.2) is 9.37 Å². The van der Waals surface area contributed by atoms with Gasteiger partial charge >= 0.3 is 0 Å². The van der Waals surface area contributed by atoms with Crippen LogP contribution in [0.15, 0.2) is 36.8 Å². The lowest BCUT2D eigenvalue weighted by Crippen LogP contribution is -2.50. The molecule has 3 fully saturated rings. The predicted molar refractivity (Wildman–Crippen MR) is 118 cm³/mol. The summed E-state index contributed by atoms with van der Waals surface area (Å²) in [6.45, 7) is 0. The largest absolute Gasteiger partial charge is 0.507 e. The standard InChI is InChI=1S/C23H26FN7O/c1-30-12-14(10-26-30)13-2-5-18(21(32)6-13)23-25-11-22(28-29-23)31(16-3-4-16)17-7-15-8-19(24)20(9-17)27-15/h2,5-6,10-12,15-17,19-20,27,32H,3-4,7-9H2,1H3/t15-,17+,19-,20+/m1/s1. The maximum atomic E-state index is 14.2. The average molecular weight is 436 g/mol.